The van der Waals surface area contributed by atoms with Gasteiger partial charge in [0.15, 0.2) is 0 Å². The van der Waals surface area contributed by atoms with Crippen molar-refractivity contribution in [1.82, 2.24) is 10.2 Å². The molecule has 0 aliphatic carbocycles. The first kappa shape index (κ1) is 21.4. The predicted molar refractivity (Wildman–Crippen MR) is 114 cm³/mol. The first-order chi connectivity index (χ1) is 14.4. The molecule has 1 aliphatic heterocycles. The molecular formula is C23H27N3O4. The van der Waals surface area contributed by atoms with Crippen LogP contribution >= 0.6 is 0 Å². The van der Waals surface area contributed by atoms with Crippen molar-refractivity contribution in [2.24, 2.45) is 5.92 Å². The molecule has 158 valence electrons. The average molecular weight is 409 g/mol. The Bertz CT molecular complexity index is 892. The summed E-state index contributed by atoms with van der Waals surface area (Å²) in [6, 6.07) is 16.7. The van der Waals surface area contributed by atoms with Gasteiger partial charge in [0.1, 0.15) is 0 Å². The molecule has 2 amide bonds. The van der Waals surface area contributed by atoms with E-state index >= 15 is 0 Å². The Kier molecular flexibility index (Phi) is 7.06. The number of anilines is 1. The molecule has 1 heterocycles. The van der Waals surface area contributed by atoms with Crippen molar-refractivity contribution in [3.05, 3.63) is 65.7 Å². The number of amides is 2. The molecule has 2 aromatic rings. The first-order valence-corrected chi connectivity index (χ1v) is 10.1. The molecule has 2 aromatic carbocycles. The van der Waals surface area contributed by atoms with Crippen LogP contribution in [0, 0.1) is 5.92 Å². The minimum Gasteiger partial charge on any atom is -0.481 e. The topological polar surface area (TPSA) is 89.9 Å². The summed E-state index contributed by atoms with van der Waals surface area (Å²) in [5.74, 6) is -1.43. The highest BCUT2D eigenvalue weighted by Gasteiger charge is 2.24. The number of hydrogen-bond donors (Lipinski definition) is 2. The van der Waals surface area contributed by atoms with E-state index in [9.17, 15) is 14.4 Å². The molecule has 2 N–H and O–H groups in total. The minimum absolute atomic E-state index is 0.0629. The van der Waals surface area contributed by atoms with Gasteiger partial charge in [-0.1, -0.05) is 30.3 Å². The summed E-state index contributed by atoms with van der Waals surface area (Å²) in [4.78, 5) is 39.4. The Morgan fingerprint density at radius 3 is 2.43 bits per heavy atom. The zero-order valence-electron chi connectivity index (χ0n) is 17.1. The quantitative estimate of drug-likeness (QED) is 0.733. The van der Waals surface area contributed by atoms with Crippen LogP contribution in [0.5, 0.6) is 0 Å². The smallest absolute Gasteiger partial charge is 0.306 e. The number of rotatable bonds is 7. The van der Waals surface area contributed by atoms with Gasteiger partial charge in [-0.05, 0) is 42.7 Å². The molecule has 0 radical (unpaired) electrons. The molecule has 7 heteroatoms. The predicted octanol–water partition coefficient (Wildman–Crippen LogP) is 2.38. The van der Waals surface area contributed by atoms with Crippen molar-refractivity contribution in [2.45, 2.75) is 19.4 Å². The van der Waals surface area contributed by atoms with Crippen LogP contribution in [0.25, 0.3) is 0 Å². The van der Waals surface area contributed by atoms with Crippen LogP contribution in [-0.2, 0) is 16.1 Å². The lowest BCUT2D eigenvalue weighted by molar-refractivity contribution is -0.142. The van der Waals surface area contributed by atoms with Crippen LogP contribution in [0.4, 0.5) is 5.69 Å². The highest BCUT2D eigenvalue weighted by molar-refractivity contribution is 5.96. The SMILES string of the molecule is CN(Cc1cccc(N2CCC(C(=O)O)CC2)c1)C(=O)CNC(=O)c1ccccc1. The molecule has 0 saturated carbocycles. The van der Waals surface area contributed by atoms with Crippen molar-refractivity contribution in [3.63, 3.8) is 0 Å². The van der Waals surface area contributed by atoms with Crippen LogP contribution in [0.3, 0.4) is 0 Å². The Hall–Kier alpha value is -3.35. The van der Waals surface area contributed by atoms with E-state index in [4.69, 9.17) is 5.11 Å². The molecule has 7 nitrogen and oxygen atoms in total. The summed E-state index contributed by atoms with van der Waals surface area (Å²) in [7, 11) is 1.71. The number of hydrogen-bond acceptors (Lipinski definition) is 4. The second-order valence-electron chi connectivity index (χ2n) is 7.57. The van der Waals surface area contributed by atoms with Gasteiger partial charge in [0, 0.05) is 37.9 Å². The zero-order chi connectivity index (χ0) is 21.5. The first-order valence-electron chi connectivity index (χ1n) is 10.1. The van der Waals surface area contributed by atoms with Crippen molar-refractivity contribution >= 4 is 23.5 Å². The Morgan fingerprint density at radius 1 is 1.07 bits per heavy atom. The molecular weight excluding hydrogens is 382 g/mol. The van der Waals surface area contributed by atoms with Crippen LogP contribution in [0.2, 0.25) is 0 Å². The van der Waals surface area contributed by atoms with E-state index in [2.05, 4.69) is 10.2 Å². The second kappa shape index (κ2) is 9.91. The van der Waals surface area contributed by atoms with Gasteiger partial charge in [0.05, 0.1) is 12.5 Å². The Balaban J connectivity index is 1.52. The normalized spacial score (nSPS) is 14.2. The number of nitrogens with one attached hydrogen (secondary N) is 1. The van der Waals surface area contributed by atoms with Gasteiger partial charge in [0.25, 0.3) is 5.91 Å². The van der Waals surface area contributed by atoms with E-state index < -0.39 is 5.97 Å². The van der Waals surface area contributed by atoms with Crippen molar-refractivity contribution in [3.8, 4) is 0 Å². The van der Waals surface area contributed by atoms with Crippen LogP contribution in [0.15, 0.2) is 54.6 Å². The molecule has 0 aromatic heterocycles. The van der Waals surface area contributed by atoms with Gasteiger partial charge in [0.2, 0.25) is 5.91 Å². The van der Waals surface area contributed by atoms with Crippen molar-refractivity contribution in [1.29, 1.82) is 0 Å². The lowest BCUT2D eigenvalue weighted by atomic mass is 9.96. The number of likely N-dealkylation sites (N-methyl/N-ethyl adjacent to an activating group) is 1. The molecule has 0 bridgehead atoms. The fourth-order valence-corrected chi connectivity index (χ4v) is 3.58. The number of carboxylic acid groups (broad SMARTS) is 1. The number of aliphatic carboxylic acids is 1. The lowest BCUT2D eigenvalue weighted by Crippen LogP contribution is -2.38. The number of carbonyl (C=O) groups is 3. The third kappa shape index (κ3) is 5.59. The van der Waals surface area contributed by atoms with Gasteiger partial charge in [-0.2, -0.15) is 0 Å². The number of benzene rings is 2. The lowest BCUT2D eigenvalue weighted by Gasteiger charge is -2.32. The molecule has 0 spiro atoms. The highest BCUT2D eigenvalue weighted by Crippen LogP contribution is 2.24. The van der Waals surface area contributed by atoms with Crippen LogP contribution in [0.1, 0.15) is 28.8 Å². The summed E-state index contributed by atoms with van der Waals surface area (Å²) < 4.78 is 0. The molecule has 3 rings (SSSR count). The maximum absolute atomic E-state index is 12.4. The molecule has 1 saturated heterocycles. The summed E-state index contributed by atoms with van der Waals surface area (Å²) in [6.45, 7) is 1.79. The van der Waals surface area contributed by atoms with Gasteiger partial charge < -0.3 is 20.2 Å². The monoisotopic (exact) mass is 409 g/mol. The minimum atomic E-state index is -0.720. The number of carbonyl (C=O) groups excluding carboxylic acids is 2. The number of piperidine rings is 1. The third-order valence-electron chi connectivity index (χ3n) is 5.40. The molecule has 1 fully saturated rings. The molecule has 0 atom stereocenters. The zero-order valence-corrected chi connectivity index (χ0v) is 17.1. The Labute approximate surface area is 176 Å². The van der Waals surface area contributed by atoms with Crippen LogP contribution in [-0.4, -0.2) is 54.5 Å². The van der Waals surface area contributed by atoms with Crippen molar-refractivity contribution in [2.75, 3.05) is 31.6 Å². The molecule has 1 aliphatic rings. The average Bonchev–Trinajstić information content (AvgIpc) is 2.78. The van der Waals surface area contributed by atoms with E-state index in [0.29, 0.717) is 38.0 Å². The summed E-state index contributed by atoms with van der Waals surface area (Å²) in [6.07, 6.45) is 1.28. The fourth-order valence-electron chi connectivity index (χ4n) is 3.58. The third-order valence-corrected chi connectivity index (χ3v) is 5.40. The Morgan fingerprint density at radius 2 is 1.77 bits per heavy atom. The summed E-state index contributed by atoms with van der Waals surface area (Å²) >= 11 is 0. The fraction of sp³-hybridized carbons (Fsp3) is 0.348. The van der Waals surface area contributed by atoms with E-state index in [-0.39, 0.29) is 24.3 Å². The highest BCUT2D eigenvalue weighted by atomic mass is 16.4. The standard InChI is InChI=1S/C23H27N3O4/c1-25(21(27)15-24-22(28)18-7-3-2-4-8-18)16-17-6-5-9-20(14-17)26-12-10-19(11-13-26)23(29)30/h2-9,14,19H,10-13,15-16H2,1H3,(H,24,28)(H,29,30). The number of carboxylic acids is 1. The van der Waals surface area contributed by atoms with Gasteiger partial charge >= 0.3 is 5.97 Å². The van der Waals surface area contributed by atoms with Gasteiger partial charge in [-0.25, -0.2) is 0 Å². The van der Waals surface area contributed by atoms with E-state index in [0.717, 1.165) is 11.3 Å². The second-order valence-corrected chi connectivity index (χ2v) is 7.57. The van der Waals surface area contributed by atoms with Gasteiger partial charge in [-0.3, -0.25) is 14.4 Å². The molecule has 0 unspecified atom stereocenters. The summed E-state index contributed by atoms with van der Waals surface area (Å²) in [5.41, 5.74) is 2.54. The van der Waals surface area contributed by atoms with E-state index in [1.807, 2.05) is 30.3 Å². The largest absolute Gasteiger partial charge is 0.481 e. The summed E-state index contributed by atoms with van der Waals surface area (Å²) in [5, 5.41) is 11.8. The van der Waals surface area contributed by atoms with E-state index in [1.54, 1.807) is 36.2 Å². The van der Waals surface area contributed by atoms with Crippen molar-refractivity contribution < 1.29 is 19.5 Å². The molecule has 30 heavy (non-hydrogen) atoms. The maximum atomic E-state index is 12.4. The van der Waals surface area contributed by atoms with E-state index in [1.165, 1.54) is 0 Å². The van der Waals surface area contributed by atoms with Crippen LogP contribution < -0.4 is 10.2 Å². The number of nitrogens with zero attached hydrogens (tertiary/aromatic N) is 2. The maximum Gasteiger partial charge on any atom is 0.306 e. The van der Waals surface area contributed by atoms with Gasteiger partial charge in [-0.15, -0.1) is 0 Å².